The molecule has 2 fully saturated rings. The monoisotopic (exact) mass is 277 g/mol. The third-order valence-electron chi connectivity index (χ3n) is 3.92. The van der Waals surface area contributed by atoms with E-state index in [0.29, 0.717) is 19.1 Å². The van der Waals surface area contributed by atoms with Gasteiger partial charge in [0, 0.05) is 46.3 Å². The summed E-state index contributed by atoms with van der Waals surface area (Å²) in [5.74, 6) is 0. The Morgan fingerprint density at radius 3 is 2.17 bits per heavy atom. The van der Waals surface area contributed by atoms with Crippen LogP contribution in [0.1, 0.15) is 19.3 Å². The minimum atomic E-state index is -3.26. The van der Waals surface area contributed by atoms with Crippen molar-refractivity contribution < 1.29 is 13.5 Å². The van der Waals surface area contributed by atoms with Crippen LogP contribution in [-0.4, -0.2) is 79.5 Å². The number of piperidine rings is 1. The molecule has 2 aliphatic heterocycles. The van der Waals surface area contributed by atoms with Gasteiger partial charge in [0.15, 0.2) is 0 Å². The van der Waals surface area contributed by atoms with E-state index in [4.69, 9.17) is 0 Å². The van der Waals surface area contributed by atoms with Crippen molar-refractivity contribution in [3.05, 3.63) is 0 Å². The van der Waals surface area contributed by atoms with Crippen LogP contribution in [0, 0.1) is 0 Å². The van der Waals surface area contributed by atoms with E-state index in [1.165, 1.54) is 4.31 Å². The number of aliphatic hydroxyl groups is 1. The number of aliphatic hydroxyl groups excluding tert-OH is 1. The summed E-state index contributed by atoms with van der Waals surface area (Å²) in [6.07, 6.45) is 2.36. The normalized spacial score (nSPS) is 29.2. The van der Waals surface area contributed by atoms with Gasteiger partial charge in [-0.15, -0.1) is 0 Å². The topological polar surface area (TPSA) is 64.1 Å². The van der Waals surface area contributed by atoms with Gasteiger partial charge in [0.05, 0.1) is 6.10 Å². The molecule has 2 saturated heterocycles. The third kappa shape index (κ3) is 2.85. The smallest absolute Gasteiger partial charge is 0.281 e. The Kier molecular flexibility index (Phi) is 4.28. The van der Waals surface area contributed by atoms with Gasteiger partial charge in [-0.2, -0.15) is 17.0 Å². The minimum absolute atomic E-state index is 0.200. The molecule has 0 aliphatic carbocycles. The molecule has 2 heterocycles. The Bertz CT molecular complexity index is 377. The van der Waals surface area contributed by atoms with Crippen LogP contribution in [0.4, 0.5) is 0 Å². The zero-order chi connectivity index (χ0) is 13.3. The first-order chi connectivity index (χ1) is 8.41. The second-order valence-corrected chi connectivity index (χ2v) is 7.50. The van der Waals surface area contributed by atoms with Crippen LogP contribution in [0.25, 0.3) is 0 Å². The van der Waals surface area contributed by atoms with Crippen LogP contribution in [0.3, 0.4) is 0 Å². The zero-order valence-corrected chi connectivity index (χ0v) is 11.9. The summed E-state index contributed by atoms with van der Waals surface area (Å²) in [5, 5.41) is 9.53. The maximum absolute atomic E-state index is 12.0. The number of rotatable bonds is 3. The van der Waals surface area contributed by atoms with Crippen molar-refractivity contribution in [3.63, 3.8) is 0 Å². The van der Waals surface area contributed by atoms with Crippen molar-refractivity contribution in [2.75, 3.05) is 40.3 Å². The lowest BCUT2D eigenvalue weighted by atomic mass is 10.1. The quantitative estimate of drug-likeness (QED) is 0.743. The molecule has 0 bridgehead atoms. The van der Waals surface area contributed by atoms with Gasteiger partial charge in [0.2, 0.25) is 0 Å². The molecule has 0 aromatic heterocycles. The molecule has 1 atom stereocenters. The number of hydrogen-bond acceptors (Lipinski definition) is 4. The molecule has 2 rings (SSSR count). The van der Waals surface area contributed by atoms with Crippen molar-refractivity contribution in [2.24, 2.45) is 0 Å². The lowest BCUT2D eigenvalue weighted by Crippen LogP contribution is -2.49. The molecule has 1 N–H and O–H groups in total. The lowest BCUT2D eigenvalue weighted by Gasteiger charge is -2.36. The van der Waals surface area contributed by atoms with Crippen LogP contribution >= 0.6 is 0 Å². The molecule has 18 heavy (non-hydrogen) atoms. The number of hydrogen-bond donors (Lipinski definition) is 1. The molecule has 0 amide bonds. The lowest BCUT2D eigenvalue weighted by molar-refractivity contribution is 0.131. The first-order valence-corrected chi connectivity index (χ1v) is 7.90. The summed E-state index contributed by atoms with van der Waals surface area (Å²) in [6.45, 7) is 2.84. The fourth-order valence-corrected chi connectivity index (χ4v) is 3.90. The van der Waals surface area contributed by atoms with Gasteiger partial charge >= 0.3 is 0 Å². The number of nitrogens with zero attached hydrogens (tertiary/aromatic N) is 3. The number of likely N-dealkylation sites (tertiary alicyclic amines) is 1. The predicted molar refractivity (Wildman–Crippen MR) is 69.4 cm³/mol. The Morgan fingerprint density at radius 1 is 1.11 bits per heavy atom. The molecule has 0 unspecified atom stereocenters. The van der Waals surface area contributed by atoms with E-state index >= 15 is 0 Å². The Labute approximate surface area is 109 Å². The maximum atomic E-state index is 12.0. The fourth-order valence-electron chi connectivity index (χ4n) is 2.77. The highest BCUT2D eigenvalue weighted by atomic mass is 32.2. The summed E-state index contributed by atoms with van der Waals surface area (Å²) < 4.78 is 26.7. The standard InChI is InChI=1S/C11H23N3O3S/c1-12(2)18(16,17)14-7-3-10(4-8-14)13-6-5-11(15)9-13/h10-11,15H,3-9H2,1-2H3/t11-/m0/s1. The van der Waals surface area contributed by atoms with E-state index in [1.54, 1.807) is 18.4 Å². The van der Waals surface area contributed by atoms with Gasteiger partial charge in [-0.05, 0) is 19.3 Å². The highest BCUT2D eigenvalue weighted by molar-refractivity contribution is 7.86. The summed E-state index contributed by atoms with van der Waals surface area (Å²) in [6, 6.07) is 0.427. The molecule has 106 valence electrons. The second-order valence-electron chi connectivity index (χ2n) is 5.36. The van der Waals surface area contributed by atoms with Crippen LogP contribution in [-0.2, 0) is 10.2 Å². The predicted octanol–water partition coefficient (Wildman–Crippen LogP) is -0.676. The maximum Gasteiger partial charge on any atom is 0.281 e. The molecule has 7 heteroatoms. The zero-order valence-electron chi connectivity index (χ0n) is 11.1. The summed E-state index contributed by atoms with van der Waals surface area (Å²) in [5.41, 5.74) is 0. The minimum Gasteiger partial charge on any atom is -0.392 e. The first kappa shape index (κ1) is 14.2. The van der Waals surface area contributed by atoms with E-state index in [0.717, 1.165) is 32.4 Å². The van der Waals surface area contributed by atoms with Gasteiger partial charge in [-0.25, -0.2) is 0 Å². The molecular weight excluding hydrogens is 254 g/mol. The highest BCUT2D eigenvalue weighted by Crippen LogP contribution is 2.23. The third-order valence-corrected chi connectivity index (χ3v) is 5.86. The summed E-state index contributed by atoms with van der Waals surface area (Å²) in [4.78, 5) is 2.30. The van der Waals surface area contributed by atoms with E-state index in [-0.39, 0.29) is 6.10 Å². The Hall–Kier alpha value is -0.210. The van der Waals surface area contributed by atoms with Crippen molar-refractivity contribution in [1.82, 2.24) is 13.5 Å². The van der Waals surface area contributed by atoms with Crippen molar-refractivity contribution in [3.8, 4) is 0 Å². The molecule has 2 aliphatic rings. The molecule has 0 radical (unpaired) electrons. The second kappa shape index (κ2) is 5.42. The fraction of sp³-hybridized carbons (Fsp3) is 1.00. The van der Waals surface area contributed by atoms with E-state index < -0.39 is 10.2 Å². The number of β-amino-alcohol motifs (C(OH)–C–C–N with tert-alkyl or cyclic N) is 1. The first-order valence-electron chi connectivity index (χ1n) is 6.51. The van der Waals surface area contributed by atoms with Crippen LogP contribution < -0.4 is 0 Å². The molecular formula is C11H23N3O3S. The average Bonchev–Trinajstić information content (AvgIpc) is 2.76. The van der Waals surface area contributed by atoms with Crippen molar-refractivity contribution in [2.45, 2.75) is 31.4 Å². The molecule has 0 saturated carbocycles. The summed E-state index contributed by atoms with van der Waals surface area (Å²) in [7, 11) is -0.123. The SMILES string of the molecule is CN(C)S(=O)(=O)N1CCC(N2CC[C@H](O)C2)CC1. The highest BCUT2D eigenvalue weighted by Gasteiger charge is 2.33. The average molecular weight is 277 g/mol. The van der Waals surface area contributed by atoms with Crippen LogP contribution in [0.15, 0.2) is 0 Å². The summed E-state index contributed by atoms with van der Waals surface area (Å²) >= 11 is 0. The van der Waals surface area contributed by atoms with Gasteiger partial charge < -0.3 is 5.11 Å². The van der Waals surface area contributed by atoms with Gasteiger partial charge in [-0.1, -0.05) is 0 Å². The van der Waals surface area contributed by atoms with Gasteiger partial charge in [0.25, 0.3) is 10.2 Å². The molecule has 0 aromatic rings. The molecule has 6 nitrogen and oxygen atoms in total. The molecule has 0 aromatic carbocycles. The van der Waals surface area contributed by atoms with E-state index in [2.05, 4.69) is 4.90 Å². The Balaban J connectivity index is 1.89. The van der Waals surface area contributed by atoms with Crippen molar-refractivity contribution in [1.29, 1.82) is 0 Å². The van der Waals surface area contributed by atoms with Gasteiger partial charge in [-0.3, -0.25) is 4.90 Å². The van der Waals surface area contributed by atoms with Crippen molar-refractivity contribution >= 4 is 10.2 Å². The largest absolute Gasteiger partial charge is 0.392 e. The van der Waals surface area contributed by atoms with E-state index in [9.17, 15) is 13.5 Å². The van der Waals surface area contributed by atoms with Gasteiger partial charge in [0.1, 0.15) is 0 Å². The van der Waals surface area contributed by atoms with E-state index in [1.807, 2.05) is 0 Å². The molecule has 0 spiro atoms. The Morgan fingerprint density at radius 2 is 1.72 bits per heavy atom. The van der Waals surface area contributed by atoms with Crippen LogP contribution in [0.2, 0.25) is 0 Å². The van der Waals surface area contributed by atoms with Crippen LogP contribution in [0.5, 0.6) is 0 Å².